The highest BCUT2D eigenvalue weighted by molar-refractivity contribution is 7.09. The summed E-state index contributed by atoms with van der Waals surface area (Å²) in [6.07, 6.45) is 9.80. The van der Waals surface area contributed by atoms with Gasteiger partial charge < -0.3 is 11.2 Å². The van der Waals surface area contributed by atoms with Gasteiger partial charge in [-0.2, -0.15) is 9.89 Å². The maximum atomic E-state index is 5.68. The van der Waals surface area contributed by atoms with E-state index in [4.69, 9.17) is 5.84 Å². The first-order valence-corrected chi connectivity index (χ1v) is 10.0. The van der Waals surface area contributed by atoms with Crippen molar-refractivity contribution < 1.29 is 0 Å². The van der Waals surface area contributed by atoms with Gasteiger partial charge in [-0.25, -0.2) is 15.0 Å². The monoisotopic (exact) mass is 402 g/mol. The lowest BCUT2D eigenvalue weighted by Gasteiger charge is -2.08. The van der Waals surface area contributed by atoms with E-state index >= 15 is 0 Å². The standard InChI is InChI=1S/C20H18N8S/c1-2-18-26-16(12-29-18)13-4-3-5-15(8-13)25-19-20-23-10-17(27(20)7-6-22-19)14-9-24-28(21)11-14/h3-12H,2,21H2,1H3,(H,22,25). The van der Waals surface area contributed by atoms with Gasteiger partial charge in [-0.1, -0.05) is 19.1 Å². The number of nitrogens with one attached hydrogen (secondary N) is 1. The first-order valence-electron chi connectivity index (χ1n) is 9.15. The summed E-state index contributed by atoms with van der Waals surface area (Å²) in [4.78, 5) is 15.0. The second-order valence-electron chi connectivity index (χ2n) is 6.51. The second kappa shape index (κ2) is 7.02. The van der Waals surface area contributed by atoms with Crippen molar-refractivity contribution in [3.63, 3.8) is 0 Å². The maximum Gasteiger partial charge on any atom is 0.180 e. The molecule has 9 heteroatoms. The summed E-state index contributed by atoms with van der Waals surface area (Å²) in [6, 6.07) is 8.15. The zero-order chi connectivity index (χ0) is 19.8. The number of imidazole rings is 1. The number of aryl methyl sites for hydroxylation is 1. The van der Waals surface area contributed by atoms with Gasteiger partial charge in [0.05, 0.1) is 35.0 Å². The molecule has 0 amide bonds. The number of aromatic nitrogens is 6. The van der Waals surface area contributed by atoms with Crippen LogP contribution < -0.4 is 11.2 Å². The van der Waals surface area contributed by atoms with Crippen LogP contribution in [0.3, 0.4) is 0 Å². The second-order valence-corrected chi connectivity index (χ2v) is 7.45. The van der Waals surface area contributed by atoms with E-state index in [1.807, 2.05) is 22.7 Å². The van der Waals surface area contributed by atoms with Crippen LogP contribution in [0.1, 0.15) is 11.9 Å². The molecule has 5 rings (SSSR count). The Morgan fingerprint density at radius 1 is 1.17 bits per heavy atom. The van der Waals surface area contributed by atoms with Crippen molar-refractivity contribution in [3.05, 3.63) is 65.6 Å². The predicted octanol–water partition coefficient (Wildman–Crippen LogP) is 3.74. The van der Waals surface area contributed by atoms with Crippen LogP contribution in [0.15, 0.2) is 60.6 Å². The third-order valence-electron chi connectivity index (χ3n) is 4.60. The maximum absolute atomic E-state index is 5.68. The summed E-state index contributed by atoms with van der Waals surface area (Å²) < 4.78 is 1.96. The number of fused-ring (bicyclic) bond motifs is 1. The number of anilines is 2. The van der Waals surface area contributed by atoms with Crippen molar-refractivity contribution in [2.24, 2.45) is 0 Å². The minimum Gasteiger partial charge on any atom is -0.337 e. The molecule has 5 aromatic rings. The predicted molar refractivity (Wildman–Crippen MR) is 115 cm³/mol. The minimum absolute atomic E-state index is 0.670. The number of nitrogens with zero attached hydrogens (tertiary/aromatic N) is 6. The van der Waals surface area contributed by atoms with Crippen LogP contribution >= 0.6 is 11.3 Å². The molecule has 8 nitrogen and oxygen atoms in total. The number of nitrogen functional groups attached to an aromatic ring is 1. The van der Waals surface area contributed by atoms with Gasteiger partial charge in [0, 0.05) is 34.6 Å². The fraction of sp³-hybridized carbons (Fsp3) is 0.100. The molecule has 3 N–H and O–H groups in total. The molecule has 29 heavy (non-hydrogen) atoms. The summed E-state index contributed by atoms with van der Waals surface area (Å²) in [5.74, 6) is 6.35. The molecular formula is C20H18N8S. The van der Waals surface area contributed by atoms with E-state index in [1.165, 1.54) is 4.79 Å². The Kier molecular flexibility index (Phi) is 4.21. The summed E-state index contributed by atoms with van der Waals surface area (Å²) in [7, 11) is 0. The molecule has 4 heterocycles. The first kappa shape index (κ1) is 17.4. The zero-order valence-corrected chi connectivity index (χ0v) is 16.5. The Labute approximate surface area is 170 Å². The van der Waals surface area contributed by atoms with Gasteiger partial charge in [-0.05, 0) is 18.6 Å². The van der Waals surface area contributed by atoms with Crippen molar-refractivity contribution in [1.29, 1.82) is 0 Å². The Hall–Kier alpha value is -3.72. The molecule has 0 aliphatic heterocycles. The topological polar surface area (TPSA) is 99.0 Å². The molecule has 0 radical (unpaired) electrons. The zero-order valence-electron chi connectivity index (χ0n) is 15.6. The van der Waals surface area contributed by atoms with Crippen LogP contribution in [0.5, 0.6) is 0 Å². The third kappa shape index (κ3) is 3.21. The van der Waals surface area contributed by atoms with E-state index in [0.29, 0.717) is 5.82 Å². The minimum atomic E-state index is 0.670. The number of hydrogen-bond donors (Lipinski definition) is 2. The molecule has 0 saturated carbocycles. The summed E-state index contributed by atoms with van der Waals surface area (Å²) in [5, 5.41) is 10.6. The molecule has 0 bridgehead atoms. The van der Waals surface area contributed by atoms with E-state index < -0.39 is 0 Å². The molecule has 0 atom stereocenters. The van der Waals surface area contributed by atoms with Gasteiger partial charge in [0.15, 0.2) is 11.5 Å². The van der Waals surface area contributed by atoms with E-state index in [2.05, 4.69) is 49.8 Å². The van der Waals surface area contributed by atoms with E-state index in [1.54, 1.807) is 36.1 Å². The highest BCUT2D eigenvalue weighted by atomic mass is 32.1. The Morgan fingerprint density at radius 2 is 2.10 bits per heavy atom. The average molecular weight is 402 g/mol. The molecule has 144 valence electrons. The van der Waals surface area contributed by atoms with Crippen molar-refractivity contribution in [2.45, 2.75) is 13.3 Å². The first-order chi connectivity index (χ1) is 14.2. The fourth-order valence-corrected chi connectivity index (χ4v) is 3.94. The number of nitrogens with two attached hydrogens (primary N) is 1. The number of hydrogen-bond acceptors (Lipinski definition) is 7. The lowest BCUT2D eigenvalue weighted by molar-refractivity contribution is 0.832. The summed E-state index contributed by atoms with van der Waals surface area (Å²) in [6.45, 7) is 2.12. The van der Waals surface area contributed by atoms with Crippen LogP contribution in [0, 0.1) is 0 Å². The highest BCUT2D eigenvalue weighted by Gasteiger charge is 2.12. The Balaban J connectivity index is 1.49. The van der Waals surface area contributed by atoms with E-state index in [-0.39, 0.29) is 0 Å². The molecule has 1 aromatic carbocycles. The summed E-state index contributed by atoms with van der Waals surface area (Å²) >= 11 is 1.69. The van der Waals surface area contributed by atoms with Gasteiger partial charge in [-0.3, -0.25) is 4.40 Å². The molecule has 0 aliphatic rings. The largest absolute Gasteiger partial charge is 0.337 e. The highest BCUT2D eigenvalue weighted by Crippen LogP contribution is 2.28. The molecule has 0 saturated heterocycles. The van der Waals surface area contributed by atoms with E-state index in [0.717, 1.165) is 45.3 Å². The normalized spacial score (nSPS) is 11.2. The van der Waals surface area contributed by atoms with E-state index in [9.17, 15) is 0 Å². The van der Waals surface area contributed by atoms with Crippen molar-refractivity contribution in [2.75, 3.05) is 11.2 Å². The molecule has 0 spiro atoms. The quantitative estimate of drug-likeness (QED) is 0.435. The molecular weight excluding hydrogens is 384 g/mol. The van der Waals surface area contributed by atoms with Crippen LogP contribution in [-0.4, -0.2) is 29.2 Å². The fourth-order valence-electron chi connectivity index (χ4n) is 3.19. The number of benzene rings is 1. The van der Waals surface area contributed by atoms with Crippen LogP contribution in [-0.2, 0) is 6.42 Å². The molecule has 0 fully saturated rings. The number of thiazole rings is 1. The average Bonchev–Trinajstić information content (AvgIpc) is 3.47. The van der Waals surface area contributed by atoms with Crippen molar-refractivity contribution in [3.8, 4) is 22.5 Å². The van der Waals surface area contributed by atoms with Crippen molar-refractivity contribution in [1.82, 2.24) is 29.2 Å². The molecule has 0 unspecified atom stereocenters. The molecule has 4 aromatic heterocycles. The lowest BCUT2D eigenvalue weighted by Crippen LogP contribution is -2.07. The van der Waals surface area contributed by atoms with Gasteiger partial charge in [0.2, 0.25) is 0 Å². The van der Waals surface area contributed by atoms with Crippen LogP contribution in [0.25, 0.3) is 28.2 Å². The van der Waals surface area contributed by atoms with Crippen molar-refractivity contribution >= 4 is 28.5 Å². The van der Waals surface area contributed by atoms with Gasteiger partial charge in [0.1, 0.15) is 0 Å². The van der Waals surface area contributed by atoms with Gasteiger partial charge >= 0.3 is 0 Å². The lowest BCUT2D eigenvalue weighted by atomic mass is 10.1. The summed E-state index contributed by atoms with van der Waals surface area (Å²) in [5.41, 5.74) is 5.48. The molecule has 0 aliphatic carbocycles. The van der Waals surface area contributed by atoms with Gasteiger partial charge in [0.25, 0.3) is 0 Å². The Morgan fingerprint density at radius 3 is 2.90 bits per heavy atom. The number of rotatable bonds is 5. The van der Waals surface area contributed by atoms with Crippen LogP contribution in [0.2, 0.25) is 0 Å². The third-order valence-corrected chi connectivity index (χ3v) is 5.59. The SMILES string of the molecule is CCc1nc(-c2cccc(Nc3nccn4c(-c5cnn(N)c5)cnc34)c2)cs1. The smallest absolute Gasteiger partial charge is 0.180 e. The van der Waals surface area contributed by atoms with Crippen LogP contribution in [0.4, 0.5) is 11.5 Å². The van der Waals surface area contributed by atoms with Gasteiger partial charge in [-0.15, -0.1) is 11.3 Å². The Bertz CT molecular complexity index is 1300.